The zero-order valence-electron chi connectivity index (χ0n) is 9.01. The largest absolute Gasteiger partial charge is 0.494 e. The molecular weight excluding hydrogens is 176 g/mol. The summed E-state index contributed by atoms with van der Waals surface area (Å²) in [5.74, 6) is 1.49. The second-order valence-corrected chi connectivity index (χ2v) is 4.43. The standard InChI is InChI=1S/C12H18O2/c1-8(13)12-9(2)14-11-7-5-3-4-6-10(11)12/h10-11H,3-7H2,1-2H3/t10-,11+/m1/s1. The molecule has 0 N–H and O–H groups in total. The number of allylic oxidation sites excluding steroid dienone is 1. The van der Waals surface area contributed by atoms with Crippen LogP contribution in [-0.4, -0.2) is 11.9 Å². The van der Waals surface area contributed by atoms with E-state index in [4.69, 9.17) is 4.74 Å². The summed E-state index contributed by atoms with van der Waals surface area (Å²) in [6, 6.07) is 0. The molecule has 0 aromatic rings. The normalized spacial score (nSPS) is 32.1. The molecule has 0 unspecified atom stereocenters. The smallest absolute Gasteiger partial charge is 0.159 e. The lowest BCUT2D eigenvalue weighted by Crippen LogP contribution is -2.19. The van der Waals surface area contributed by atoms with Crippen molar-refractivity contribution in [2.24, 2.45) is 5.92 Å². The van der Waals surface area contributed by atoms with Crippen LogP contribution in [0.15, 0.2) is 11.3 Å². The molecule has 0 aromatic heterocycles. The summed E-state index contributed by atoms with van der Waals surface area (Å²) in [5, 5.41) is 0. The van der Waals surface area contributed by atoms with Crippen LogP contribution < -0.4 is 0 Å². The van der Waals surface area contributed by atoms with E-state index in [1.165, 1.54) is 19.3 Å². The highest BCUT2D eigenvalue weighted by Gasteiger charge is 2.37. The number of rotatable bonds is 1. The Morgan fingerprint density at radius 3 is 2.71 bits per heavy atom. The Hall–Kier alpha value is -0.790. The minimum Gasteiger partial charge on any atom is -0.494 e. The van der Waals surface area contributed by atoms with Gasteiger partial charge in [0.05, 0.1) is 0 Å². The second-order valence-electron chi connectivity index (χ2n) is 4.43. The summed E-state index contributed by atoms with van der Waals surface area (Å²) in [7, 11) is 0. The lowest BCUT2D eigenvalue weighted by molar-refractivity contribution is -0.114. The number of carbonyl (C=O) groups is 1. The lowest BCUT2D eigenvalue weighted by atomic mass is 9.89. The van der Waals surface area contributed by atoms with Crippen LogP contribution in [0.5, 0.6) is 0 Å². The zero-order chi connectivity index (χ0) is 10.1. The van der Waals surface area contributed by atoms with Crippen LogP contribution in [0.1, 0.15) is 46.0 Å². The van der Waals surface area contributed by atoms with Gasteiger partial charge in [0.15, 0.2) is 5.78 Å². The van der Waals surface area contributed by atoms with Crippen molar-refractivity contribution in [2.75, 3.05) is 0 Å². The van der Waals surface area contributed by atoms with E-state index in [9.17, 15) is 4.79 Å². The summed E-state index contributed by atoms with van der Waals surface area (Å²) in [6.07, 6.45) is 6.35. The predicted octanol–water partition coefficient (Wildman–Crippen LogP) is 2.83. The molecule has 0 radical (unpaired) electrons. The van der Waals surface area contributed by atoms with E-state index in [0.29, 0.717) is 12.0 Å². The quantitative estimate of drug-likeness (QED) is 0.641. The molecule has 14 heavy (non-hydrogen) atoms. The molecule has 0 saturated heterocycles. The van der Waals surface area contributed by atoms with Gasteiger partial charge in [-0.25, -0.2) is 0 Å². The molecule has 2 aliphatic rings. The Morgan fingerprint density at radius 2 is 2.00 bits per heavy atom. The third-order valence-corrected chi connectivity index (χ3v) is 3.41. The van der Waals surface area contributed by atoms with Crippen LogP contribution in [0.3, 0.4) is 0 Å². The first kappa shape index (κ1) is 9.75. The van der Waals surface area contributed by atoms with Gasteiger partial charge in [-0.2, -0.15) is 0 Å². The Bertz CT molecular complexity index is 278. The summed E-state index contributed by atoms with van der Waals surface area (Å²) in [5.41, 5.74) is 0.969. The Kier molecular flexibility index (Phi) is 2.62. The molecule has 1 aliphatic carbocycles. The highest BCUT2D eigenvalue weighted by molar-refractivity contribution is 5.94. The molecule has 2 rings (SSSR count). The molecule has 1 saturated carbocycles. The molecule has 0 spiro atoms. The van der Waals surface area contributed by atoms with Crippen molar-refractivity contribution in [3.05, 3.63) is 11.3 Å². The van der Waals surface area contributed by atoms with E-state index in [2.05, 4.69) is 0 Å². The van der Waals surface area contributed by atoms with E-state index < -0.39 is 0 Å². The monoisotopic (exact) mass is 194 g/mol. The first-order valence-corrected chi connectivity index (χ1v) is 5.58. The fourth-order valence-corrected chi connectivity index (χ4v) is 2.81. The van der Waals surface area contributed by atoms with Crippen LogP contribution in [0.4, 0.5) is 0 Å². The van der Waals surface area contributed by atoms with Crippen molar-refractivity contribution < 1.29 is 9.53 Å². The zero-order valence-corrected chi connectivity index (χ0v) is 9.01. The number of ketones is 1. The molecule has 1 fully saturated rings. The molecule has 0 aromatic carbocycles. The first-order chi connectivity index (χ1) is 6.70. The molecule has 2 atom stereocenters. The van der Waals surface area contributed by atoms with E-state index in [0.717, 1.165) is 24.2 Å². The molecule has 1 heterocycles. The van der Waals surface area contributed by atoms with E-state index in [-0.39, 0.29) is 5.78 Å². The van der Waals surface area contributed by atoms with E-state index in [1.807, 2.05) is 6.92 Å². The summed E-state index contributed by atoms with van der Waals surface area (Å²) < 4.78 is 5.78. The summed E-state index contributed by atoms with van der Waals surface area (Å²) in [4.78, 5) is 11.5. The van der Waals surface area contributed by atoms with Gasteiger partial charge >= 0.3 is 0 Å². The van der Waals surface area contributed by atoms with Gasteiger partial charge in [0, 0.05) is 11.5 Å². The van der Waals surface area contributed by atoms with Gasteiger partial charge in [0.2, 0.25) is 0 Å². The summed E-state index contributed by atoms with van der Waals surface area (Å²) in [6.45, 7) is 3.60. The van der Waals surface area contributed by atoms with Crippen LogP contribution in [0.25, 0.3) is 0 Å². The third-order valence-electron chi connectivity index (χ3n) is 3.41. The maximum Gasteiger partial charge on any atom is 0.159 e. The molecular formula is C12H18O2. The van der Waals surface area contributed by atoms with Crippen LogP contribution >= 0.6 is 0 Å². The van der Waals surface area contributed by atoms with Gasteiger partial charge in [-0.3, -0.25) is 4.79 Å². The maximum absolute atomic E-state index is 11.5. The van der Waals surface area contributed by atoms with Gasteiger partial charge in [-0.15, -0.1) is 0 Å². The fraction of sp³-hybridized carbons (Fsp3) is 0.750. The number of carbonyl (C=O) groups excluding carboxylic acids is 1. The SMILES string of the molecule is CC(=O)C1=C(C)O[C@H]2CCCCC[C@@H]12. The van der Waals surface area contributed by atoms with Crippen molar-refractivity contribution >= 4 is 5.78 Å². The van der Waals surface area contributed by atoms with Crippen LogP contribution in [0.2, 0.25) is 0 Å². The average molecular weight is 194 g/mol. The predicted molar refractivity (Wildman–Crippen MR) is 54.8 cm³/mol. The van der Waals surface area contributed by atoms with Crippen molar-refractivity contribution in [3.8, 4) is 0 Å². The molecule has 1 aliphatic heterocycles. The maximum atomic E-state index is 11.5. The number of hydrogen-bond donors (Lipinski definition) is 0. The van der Waals surface area contributed by atoms with Crippen molar-refractivity contribution in [2.45, 2.75) is 52.1 Å². The van der Waals surface area contributed by atoms with Crippen LogP contribution in [0, 0.1) is 5.92 Å². The van der Waals surface area contributed by atoms with Crippen molar-refractivity contribution in [1.82, 2.24) is 0 Å². The highest BCUT2D eigenvalue weighted by atomic mass is 16.5. The van der Waals surface area contributed by atoms with Crippen molar-refractivity contribution in [3.63, 3.8) is 0 Å². The molecule has 0 amide bonds. The van der Waals surface area contributed by atoms with Crippen LogP contribution in [-0.2, 0) is 9.53 Å². The first-order valence-electron chi connectivity index (χ1n) is 5.58. The Labute approximate surface area is 85.3 Å². The number of hydrogen-bond acceptors (Lipinski definition) is 2. The topological polar surface area (TPSA) is 26.3 Å². The number of fused-ring (bicyclic) bond motifs is 1. The second kappa shape index (κ2) is 3.76. The number of ether oxygens (including phenoxy) is 1. The van der Waals surface area contributed by atoms with Gasteiger partial charge in [-0.1, -0.05) is 12.8 Å². The van der Waals surface area contributed by atoms with Gasteiger partial charge < -0.3 is 4.74 Å². The van der Waals surface area contributed by atoms with E-state index in [1.54, 1.807) is 6.92 Å². The third kappa shape index (κ3) is 1.58. The minimum atomic E-state index is 0.205. The lowest BCUT2D eigenvalue weighted by Gasteiger charge is -2.16. The van der Waals surface area contributed by atoms with Gasteiger partial charge in [0.1, 0.15) is 11.9 Å². The Balaban J connectivity index is 2.22. The summed E-state index contributed by atoms with van der Waals surface area (Å²) >= 11 is 0. The molecule has 78 valence electrons. The van der Waals surface area contributed by atoms with Crippen molar-refractivity contribution in [1.29, 1.82) is 0 Å². The fourth-order valence-electron chi connectivity index (χ4n) is 2.81. The Morgan fingerprint density at radius 1 is 1.29 bits per heavy atom. The number of Topliss-reactive ketones (excluding diaryl/α,β-unsaturated/α-hetero) is 1. The molecule has 0 bridgehead atoms. The van der Waals surface area contributed by atoms with Gasteiger partial charge in [0.25, 0.3) is 0 Å². The average Bonchev–Trinajstić information content (AvgIpc) is 2.31. The molecule has 2 heteroatoms. The van der Waals surface area contributed by atoms with E-state index >= 15 is 0 Å². The van der Waals surface area contributed by atoms with Gasteiger partial charge in [-0.05, 0) is 33.1 Å². The minimum absolute atomic E-state index is 0.205. The highest BCUT2D eigenvalue weighted by Crippen LogP contribution is 2.39. The molecule has 2 nitrogen and oxygen atoms in total.